The summed E-state index contributed by atoms with van der Waals surface area (Å²) in [7, 11) is 0. The summed E-state index contributed by atoms with van der Waals surface area (Å²) in [5.74, 6) is 0.115. The second-order valence-electron chi connectivity index (χ2n) is 6.89. The lowest BCUT2D eigenvalue weighted by Crippen LogP contribution is -2.49. The van der Waals surface area contributed by atoms with Gasteiger partial charge in [0.05, 0.1) is 11.8 Å². The Bertz CT molecular complexity index is 852. The van der Waals surface area contributed by atoms with E-state index in [2.05, 4.69) is 52.9 Å². The van der Waals surface area contributed by atoms with E-state index in [0.29, 0.717) is 5.13 Å². The van der Waals surface area contributed by atoms with Crippen molar-refractivity contribution in [2.45, 2.75) is 55.8 Å². The Morgan fingerprint density at radius 2 is 2.04 bits per heavy atom. The summed E-state index contributed by atoms with van der Waals surface area (Å²) >= 11 is 2.76. The molecule has 0 spiro atoms. The second kappa shape index (κ2) is 8.72. The number of aromatic nitrogens is 2. The highest BCUT2D eigenvalue weighted by molar-refractivity contribution is 8.01. The van der Waals surface area contributed by atoms with Gasteiger partial charge in [0.2, 0.25) is 11.0 Å². The summed E-state index contributed by atoms with van der Waals surface area (Å²) in [4.78, 5) is 12.3. The molecule has 1 heterocycles. The molecule has 0 aliphatic heterocycles. The van der Waals surface area contributed by atoms with E-state index in [1.165, 1.54) is 34.2 Å². The first-order valence-electron chi connectivity index (χ1n) is 9.02. The minimum atomic E-state index is -0.687. The summed E-state index contributed by atoms with van der Waals surface area (Å²) in [6.07, 6.45) is 4.59. The molecule has 1 aliphatic carbocycles. The SMILES string of the molecule is Cc1ccc(Nc2nnc(SCC(=O)NC3(C#N)CCCCC3)s2)cc1C. The summed E-state index contributed by atoms with van der Waals surface area (Å²) in [6.45, 7) is 4.15. The van der Waals surface area contributed by atoms with Crippen LogP contribution in [-0.2, 0) is 4.79 Å². The lowest BCUT2D eigenvalue weighted by atomic mass is 9.83. The Kier molecular flexibility index (Phi) is 6.34. The van der Waals surface area contributed by atoms with Crippen LogP contribution in [0.25, 0.3) is 0 Å². The lowest BCUT2D eigenvalue weighted by Gasteiger charge is -2.31. The molecule has 1 aromatic heterocycles. The van der Waals surface area contributed by atoms with Gasteiger partial charge in [0.15, 0.2) is 4.34 Å². The van der Waals surface area contributed by atoms with E-state index >= 15 is 0 Å². The molecule has 1 saturated carbocycles. The highest BCUT2D eigenvalue weighted by Crippen LogP contribution is 2.30. The average Bonchev–Trinajstić information content (AvgIpc) is 3.11. The maximum Gasteiger partial charge on any atom is 0.231 e. The zero-order valence-electron chi connectivity index (χ0n) is 15.5. The molecule has 3 rings (SSSR count). The van der Waals surface area contributed by atoms with Gasteiger partial charge < -0.3 is 10.6 Å². The van der Waals surface area contributed by atoms with E-state index in [1.807, 2.05) is 6.07 Å². The number of benzene rings is 1. The van der Waals surface area contributed by atoms with Crippen LogP contribution in [0.5, 0.6) is 0 Å². The molecule has 2 N–H and O–H groups in total. The number of amides is 1. The van der Waals surface area contributed by atoms with Crippen molar-refractivity contribution in [3.05, 3.63) is 29.3 Å². The number of anilines is 2. The molecule has 1 aromatic carbocycles. The molecule has 1 aliphatic rings. The molecule has 0 unspecified atom stereocenters. The number of nitrogens with zero attached hydrogens (tertiary/aromatic N) is 3. The smallest absolute Gasteiger partial charge is 0.231 e. The van der Waals surface area contributed by atoms with Crippen molar-refractivity contribution >= 4 is 39.8 Å². The van der Waals surface area contributed by atoms with Crippen LogP contribution >= 0.6 is 23.1 Å². The largest absolute Gasteiger partial charge is 0.337 e. The van der Waals surface area contributed by atoms with Crippen molar-refractivity contribution in [3.63, 3.8) is 0 Å². The number of carbonyl (C=O) groups is 1. The molecule has 8 heteroatoms. The van der Waals surface area contributed by atoms with Crippen LogP contribution in [0.2, 0.25) is 0 Å². The number of thioether (sulfide) groups is 1. The van der Waals surface area contributed by atoms with Gasteiger partial charge in [-0.25, -0.2) is 0 Å². The third kappa shape index (κ3) is 5.21. The van der Waals surface area contributed by atoms with E-state index in [9.17, 15) is 10.1 Å². The van der Waals surface area contributed by atoms with E-state index in [-0.39, 0.29) is 11.7 Å². The molecule has 0 atom stereocenters. The van der Waals surface area contributed by atoms with Gasteiger partial charge in [-0.1, -0.05) is 48.4 Å². The standard InChI is InChI=1S/C19H23N5OS2/c1-13-6-7-15(10-14(13)2)21-17-23-24-18(27-17)26-11-16(25)22-19(12-20)8-4-3-5-9-19/h6-7,10H,3-5,8-9,11H2,1-2H3,(H,21,23)(H,22,25). The first kappa shape index (κ1) is 19.6. The Labute approximate surface area is 167 Å². The second-order valence-corrected chi connectivity index (χ2v) is 9.09. The fraction of sp³-hybridized carbons (Fsp3) is 0.474. The number of hydrogen-bond acceptors (Lipinski definition) is 7. The quantitative estimate of drug-likeness (QED) is 0.700. The first-order valence-corrected chi connectivity index (χ1v) is 10.8. The van der Waals surface area contributed by atoms with Crippen LogP contribution in [0.4, 0.5) is 10.8 Å². The summed E-state index contributed by atoms with van der Waals surface area (Å²) < 4.78 is 0.728. The van der Waals surface area contributed by atoms with Crippen LogP contribution in [0.1, 0.15) is 43.2 Å². The normalized spacial score (nSPS) is 15.7. The molecule has 0 radical (unpaired) electrons. The Morgan fingerprint density at radius 1 is 1.26 bits per heavy atom. The summed E-state index contributed by atoms with van der Waals surface area (Å²) in [5, 5.41) is 24.6. The molecule has 0 saturated heterocycles. The first-order chi connectivity index (χ1) is 13.0. The molecule has 142 valence electrons. The van der Waals surface area contributed by atoms with Gasteiger partial charge >= 0.3 is 0 Å². The van der Waals surface area contributed by atoms with Gasteiger partial charge in [0, 0.05) is 5.69 Å². The number of hydrogen-bond donors (Lipinski definition) is 2. The van der Waals surface area contributed by atoms with Gasteiger partial charge in [-0.15, -0.1) is 10.2 Å². The third-order valence-corrected chi connectivity index (χ3v) is 6.76. The lowest BCUT2D eigenvalue weighted by molar-refractivity contribution is -0.120. The zero-order valence-corrected chi connectivity index (χ0v) is 17.2. The maximum absolute atomic E-state index is 12.3. The predicted molar refractivity (Wildman–Crippen MR) is 109 cm³/mol. The van der Waals surface area contributed by atoms with E-state index in [1.54, 1.807) is 0 Å². The Morgan fingerprint density at radius 3 is 2.74 bits per heavy atom. The maximum atomic E-state index is 12.3. The topological polar surface area (TPSA) is 90.7 Å². The van der Waals surface area contributed by atoms with Crippen molar-refractivity contribution in [1.29, 1.82) is 5.26 Å². The third-order valence-electron chi connectivity index (χ3n) is 4.79. The monoisotopic (exact) mass is 401 g/mol. The van der Waals surface area contributed by atoms with Gasteiger partial charge in [0.25, 0.3) is 0 Å². The molecule has 27 heavy (non-hydrogen) atoms. The number of nitrogens with one attached hydrogen (secondary N) is 2. The van der Waals surface area contributed by atoms with Crippen LogP contribution in [0, 0.1) is 25.2 Å². The highest BCUT2D eigenvalue weighted by Gasteiger charge is 2.33. The fourth-order valence-corrected chi connectivity index (χ4v) is 4.68. The van der Waals surface area contributed by atoms with Crippen LogP contribution in [0.15, 0.2) is 22.5 Å². The molecular weight excluding hydrogens is 378 g/mol. The van der Waals surface area contributed by atoms with Crippen molar-refractivity contribution in [1.82, 2.24) is 15.5 Å². The molecule has 6 nitrogen and oxygen atoms in total. The number of carbonyl (C=O) groups excluding carboxylic acids is 1. The highest BCUT2D eigenvalue weighted by atomic mass is 32.2. The van der Waals surface area contributed by atoms with E-state index in [4.69, 9.17) is 0 Å². The number of aryl methyl sites for hydroxylation is 2. The summed E-state index contributed by atoms with van der Waals surface area (Å²) in [5.41, 5.74) is 2.74. The van der Waals surface area contributed by atoms with Gasteiger partial charge in [-0.2, -0.15) is 5.26 Å². The molecule has 0 bridgehead atoms. The van der Waals surface area contributed by atoms with Gasteiger partial charge in [-0.05, 0) is 49.9 Å². The fourth-order valence-electron chi connectivity index (χ4n) is 3.11. The van der Waals surface area contributed by atoms with Gasteiger partial charge in [-0.3, -0.25) is 4.79 Å². The minimum Gasteiger partial charge on any atom is -0.337 e. The zero-order chi connectivity index (χ0) is 19.3. The average molecular weight is 402 g/mol. The van der Waals surface area contributed by atoms with Crippen LogP contribution in [0.3, 0.4) is 0 Å². The molecule has 1 amide bonds. The predicted octanol–water partition coefficient (Wildman–Crippen LogP) is 4.33. The van der Waals surface area contributed by atoms with E-state index < -0.39 is 5.54 Å². The van der Waals surface area contributed by atoms with Gasteiger partial charge in [0.1, 0.15) is 5.54 Å². The molecule has 2 aromatic rings. The van der Waals surface area contributed by atoms with Crippen molar-refractivity contribution in [3.8, 4) is 6.07 Å². The summed E-state index contributed by atoms with van der Waals surface area (Å²) in [6, 6.07) is 8.46. The Balaban J connectivity index is 1.52. The Hall–Kier alpha value is -2.11. The van der Waals surface area contributed by atoms with E-state index in [0.717, 1.165) is 42.1 Å². The van der Waals surface area contributed by atoms with Crippen LogP contribution < -0.4 is 10.6 Å². The number of rotatable bonds is 6. The van der Waals surface area contributed by atoms with Crippen molar-refractivity contribution in [2.75, 3.05) is 11.1 Å². The minimum absolute atomic E-state index is 0.123. The van der Waals surface area contributed by atoms with Crippen LogP contribution in [-0.4, -0.2) is 27.4 Å². The van der Waals surface area contributed by atoms with Crippen molar-refractivity contribution < 1.29 is 4.79 Å². The number of nitriles is 1. The molecular formula is C19H23N5OS2. The van der Waals surface area contributed by atoms with Crippen molar-refractivity contribution in [2.24, 2.45) is 0 Å². The molecule has 1 fully saturated rings.